The Hall–Kier alpha value is -2.24. The third-order valence-corrected chi connectivity index (χ3v) is 5.28. The average molecular weight is 385 g/mol. The molecule has 3 rings (SSSR count). The number of fused-ring (bicyclic) bond motifs is 1. The number of rotatable bonds is 8. The van der Waals surface area contributed by atoms with Crippen LogP contribution in [0.25, 0.3) is 0 Å². The Morgan fingerprint density at radius 2 is 1.71 bits per heavy atom. The molecule has 1 N–H and O–H groups in total. The fourth-order valence-electron chi connectivity index (χ4n) is 3.99. The molecule has 0 spiro atoms. The summed E-state index contributed by atoms with van der Waals surface area (Å²) in [5, 5.41) is 10.00. The summed E-state index contributed by atoms with van der Waals surface area (Å²) in [7, 11) is 5.46. The summed E-state index contributed by atoms with van der Waals surface area (Å²) < 4.78 is 10.8. The van der Waals surface area contributed by atoms with Gasteiger partial charge in [-0.1, -0.05) is 18.2 Å². The third kappa shape index (κ3) is 4.97. The summed E-state index contributed by atoms with van der Waals surface area (Å²) in [5.41, 5.74) is 5.19. The Kier molecular flexibility index (Phi) is 6.81. The van der Waals surface area contributed by atoms with Crippen LogP contribution >= 0.6 is 0 Å². The largest absolute Gasteiger partial charge is 0.493 e. The van der Waals surface area contributed by atoms with E-state index in [2.05, 4.69) is 41.1 Å². The lowest BCUT2D eigenvalue weighted by atomic mass is 9.99. The molecule has 0 amide bonds. The van der Waals surface area contributed by atoms with Crippen molar-refractivity contribution < 1.29 is 14.6 Å². The molecule has 1 aliphatic heterocycles. The summed E-state index contributed by atoms with van der Waals surface area (Å²) in [4.78, 5) is 4.61. The van der Waals surface area contributed by atoms with Crippen molar-refractivity contribution >= 4 is 5.69 Å². The van der Waals surface area contributed by atoms with Crippen LogP contribution in [0.5, 0.6) is 11.5 Å². The minimum absolute atomic E-state index is 0.385. The molecule has 0 aromatic heterocycles. The number of hydrogen-bond acceptors (Lipinski definition) is 5. The molecule has 0 bridgehead atoms. The normalized spacial score (nSPS) is 14.7. The smallest absolute Gasteiger partial charge is 0.161 e. The highest BCUT2D eigenvalue weighted by Gasteiger charge is 2.16. The molecule has 1 aliphatic rings. The third-order valence-electron chi connectivity index (χ3n) is 5.28. The van der Waals surface area contributed by atoms with Crippen LogP contribution in [0.4, 0.5) is 5.69 Å². The van der Waals surface area contributed by atoms with Crippen molar-refractivity contribution in [3.8, 4) is 11.5 Å². The van der Waals surface area contributed by atoms with Crippen molar-refractivity contribution in [1.29, 1.82) is 0 Å². The number of methoxy groups -OCH3 is 2. The van der Waals surface area contributed by atoms with Crippen LogP contribution in [0.15, 0.2) is 36.4 Å². The molecule has 0 fully saturated rings. The highest BCUT2D eigenvalue weighted by molar-refractivity contribution is 5.56. The molecule has 1 atom stereocenters. The average Bonchev–Trinajstić information content (AvgIpc) is 2.67. The van der Waals surface area contributed by atoms with Gasteiger partial charge in [0.15, 0.2) is 11.5 Å². The SMILES string of the molecule is COc1ccc(CN(Cc2ccc3c(c2)CCCN3C)C[C@@H](C)O)cc1OC. The lowest BCUT2D eigenvalue weighted by Crippen LogP contribution is -2.30. The first kappa shape index (κ1) is 20.5. The van der Waals surface area contributed by atoms with E-state index in [1.807, 2.05) is 19.1 Å². The van der Waals surface area contributed by atoms with E-state index in [0.717, 1.165) is 43.1 Å². The fraction of sp³-hybridized carbons (Fsp3) is 0.478. The zero-order valence-electron chi connectivity index (χ0n) is 17.4. The maximum atomic E-state index is 10.00. The van der Waals surface area contributed by atoms with Crippen LogP contribution in [0, 0.1) is 0 Å². The Morgan fingerprint density at radius 3 is 2.39 bits per heavy atom. The molecule has 2 aromatic carbocycles. The Labute approximate surface area is 168 Å². The van der Waals surface area contributed by atoms with Gasteiger partial charge in [-0.25, -0.2) is 0 Å². The lowest BCUT2D eigenvalue weighted by molar-refractivity contribution is 0.118. The van der Waals surface area contributed by atoms with Gasteiger partial charge >= 0.3 is 0 Å². The van der Waals surface area contributed by atoms with Gasteiger partial charge in [-0.05, 0) is 54.7 Å². The molecule has 28 heavy (non-hydrogen) atoms. The number of ether oxygens (including phenoxy) is 2. The number of anilines is 1. The van der Waals surface area contributed by atoms with Gasteiger partial charge in [0.05, 0.1) is 20.3 Å². The maximum Gasteiger partial charge on any atom is 0.161 e. The van der Waals surface area contributed by atoms with Crippen LogP contribution in [0.3, 0.4) is 0 Å². The van der Waals surface area contributed by atoms with Gasteiger partial charge in [0, 0.05) is 38.9 Å². The first-order valence-electron chi connectivity index (χ1n) is 9.94. The summed E-state index contributed by atoms with van der Waals surface area (Å²) in [5.74, 6) is 1.46. The molecule has 5 heteroatoms. The second-order valence-corrected chi connectivity index (χ2v) is 7.70. The zero-order valence-corrected chi connectivity index (χ0v) is 17.4. The second-order valence-electron chi connectivity index (χ2n) is 7.70. The molecule has 2 aromatic rings. The van der Waals surface area contributed by atoms with Crippen molar-refractivity contribution in [2.45, 2.75) is 39.0 Å². The zero-order chi connectivity index (χ0) is 20.1. The molecular formula is C23H32N2O3. The molecule has 0 saturated heterocycles. The van der Waals surface area contributed by atoms with E-state index in [9.17, 15) is 5.11 Å². The summed E-state index contributed by atoms with van der Waals surface area (Å²) in [6.07, 6.45) is 1.96. The van der Waals surface area contributed by atoms with Crippen LogP contribution in [-0.2, 0) is 19.5 Å². The van der Waals surface area contributed by atoms with E-state index < -0.39 is 0 Å². The molecule has 0 aliphatic carbocycles. The Balaban J connectivity index is 1.77. The fourth-order valence-corrected chi connectivity index (χ4v) is 3.99. The molecule has 152 valence electrons. The van der Waals surface area contributed by atoms with Crippen LogP contribution < -0.4 is 14.4 Å². The van der Waals surface area contributed by atoms with Crippen LogP contribution in [-0.4, -0.2) is 50.5 Å². The van der Waals surface area contributed by atoms with Gasteiger partial charge < -0.3 is 19.5 Å². The summed E-state index contributed by atoms with van der Waals surface area (Å²) >= 11 is 0. The standard InChI is InChI=1S/C23H32N2O3/c1-17(26)14-25(16-19-8-10-22(27-3)23(13-19)28-4)15-18-7-9-21-20(12-18)6-5-11-24(21)2/h7-10,12-13,17,26H,5-6,11,14-16H2,1-4H3/t17-/m1/s1. The van der Waals surface area contributed by atoms with Gasteiger partial charge in [0.25, 0.3) is 0 Å². The van der Waals surface area contributed by atoms with Crippen molar-refractivity contribution in [3.63, 3.8) is 0 Å². The van der Waals surface area contributed by atoms with E-state index in [0.29, 0.717) is 6.54 Å². The minimum Gasteiger partial charge on any atom is -0.493 e. The van der Waals surface area contributed by atoms with Crippen molar-refractivity contribution in [2.75, 3.05) is 39.3 Å². The molecule has 0 saturated carbocycles. The highest BCUT2D eigenvalue weighted by atomic mass is 16.5. The molecule has 1 heterocycles. The molecular weight excluding hydrogens is 352 g/mol. The van der Waals surface area contributed by atoms with E-state index in [1.54, 1.807) is 14.2 Å². The quantitative estimate of drug-likeness (QED) is 0.755. The summed E-state index contributed by atoms with van der Waals surface area (Å²) in [6.45, 7) is 5.12. The summed E-state index contributed by atoms with van der Waals surface area (Å²) in [6, 6.07) is 12.8. The Morgan fingerprint density at radius 1 is 1.04 bits per heavy atom. The van der Waals surface area contributed by atoms with Crippen molar-refractivity contribution in [3.05, 3.63) is 53.1 Å². The van der Waals surface area contributed by atoms with Crippen LogP contribution in [0.2, 0.25) is 0 Å². The second kappa shape index (κ2) is 9.30. The number of aryl methyl sites for hydroxylation is 1. The van der Waals surface area contributed by atoms with Crippen molar-refractivity contribution in [2.24, 2.45) is 0 Å². The molecule has 0 radical (unpaired) electrons. The minimum atomic E-state index is -0.385. The predicted molar refractivity (Wildman–Crippen MR) is 113 cm³/mol. The Bertz CT molecular complexity index is 791. The monoisotopic (exact) mass is 384 g/mol. The predicted octanol–water partition coefficient (Wildman–Crippen LogP) is 3.47. The lowest BCUT2D eigenvalue weighted by Gasteiger charge is -2.29. The molecule has 0 unspecified atom stereocenters. The highest BCUT2D eigenvalue weighted by Crippen LogP contribution is 2.29. The van der Waals surface area contributed by atoms with Gasteiger partial charge in [-0.3, -0.25) is 4.90 Å². The number of aliphatic hydroxyl groups excluding tert-OH is 1. The van der Waals surface area contributed by atoms with Gasteiger partial charge in [-0.15, -0.1) is 0 Å². The number of nitrogens with zero attached hydrogens (tertiary/aromatic N) is 2. The van der Waals surface area contributed by atoms with Gasteiger partial charge in [-0.2, -0.15) is 0 Å². The van der Waals surface area contributed by atoms with Gasteiger partial charge in [0.1, 0.15) is 0 Å². The first-order chi connectivity index (χ1) is 13.5. The topological polar surface area (TPSA) is 45.2 Å². The molecule has 5 nitrogen and oxygen atoms in total. The van der Waals surface area contributed by atoms with E-state index >= 15 is 0 Å². The number of aliphatic hydroxyl groups is 1. The van der Waals surface area contributed by atoms with Gasteiger partial charge in [0.2, 0.25) is 0 Å². The van der Waals surface area contributed by atoms with Crippen LogP contribution in [0.1, 0.15) is 30.0 Å². The van der Waals surface area contributed by atoms with E-state index in [1.165, 1.54) is 23.2 Å². The maximum absolute atomic E-state index is 10.00. The number of hydrogen-bond donors (Lipinski definition) is 1. The first-order valence-corrected chi connectivity index (χ1v) is 9.94. The van der Waals surface area contributed by atoms with E-state index in [4.69, 9.17) is 9.47 Å². The van der Waals surface area contributed by atoms with Crippen molar-refractivity contribution in [1.82, 2.24) is 4.90 Å². The van der Waals surface area contributed by atoms with E-state index in [-0.39, 0.29) is 6.10 Å². The number of benzene rings is 2.